The number of hydrogen-bond acceptors (Lipinski definition) is 3. The Morgan fingerprint density at radius 2 is 2.38 bits per heavy atom. The summed E-state index contributed by atoms with van der Waals surface area (Å²) in [4.78, 5) is 12.3. The van der Waals surface area contributed by atoms with E-state index in [1.54, 1.807) is 0 Å². The van der Waals surface area contributed by atoms with Crippen LogP contribution in [0.25, 0.3) is 0 Å². The summed E-state index contributed by atoms with van der Waals surface area (Å²) in [6.07, 6.45) is 2.36. The van der Waals surface area contributed by atoms with Crippen LogP contribution in [-0.2, 0) is 17.8 Å². The number of benzene rings is 1. The van der Waals surface area contributed by atoms with E-state index in [1.807, 2.05) is 17.8 Å². The van der Waals surface area contributed by atoms with Crippen LogP contribution in [0.1, 0.15) is 17.5 Å². The number of aliphatic hydroxyl groups excluding tert-OH is 1. The molecule has 1 amide bonds. The minimum atomic E-state index is -0.444. The zero-order valence-electron chi connectivity index (χ0n) is 9.03. The number of amides is 1. The van der Waals surface area contributed by atoms with Crippen molar-refractivity contribution in [3.8, 4) is 0 Å². The Hall–Kier alpha value is -1.00. The van der Waals surface area contributed by atoms with Gasteiger partial charge in [0.25, 0.3) is 0 Å². The van der Waals surface area contributed by atoms with Gasteiger partial charge < -0.3 is 10.4 Å². The van der Waals surface area contributed by atoms with Gasteiger partial charge in [-0.05, 0) is 35.8 Å². The van der Waals surface area contributed by atoms with Gasteiger partial charge in [-0.3, -0.25) is 4.79 Å². The maximum atomic E-state index is 10.9. The van der Waals surface area contributed by atoms with Crippen molar-refractivity contribution in [3.63, 3.8) is 0 Å². The molecule has 1 aromatic carbocycles. The van der Waals surface area contributed by atoms with Crippen molar-refractivity contribution in [2.45, 2.75) is 24.3 Å². The fraction of sp³-hybridized carbons (Fsp3) is 0.417. The van der Waals surface area contributed by atoms with Crippen molar-refractivity contribution in [1.82, 2.24) is 5.32 Å². The summed E-state index contributed by atoms with van der Waals surface area (Å²) in [5.74, 6) is 0.875. The molecule has 3 nitrogen and oxygen atoms in total. The Bertz CT molecular complexity index is 393. The summed E-state index contributed by atoms with van der Waals surface area (Å²) in [5, 5.41) is 11.2. The average Bonchev–Trinajstić information content (AvgIpc) is 2.35. The second kappa shape index (κ2) is 5.37. The minimum Gasteiger partial charge on any atom is -0.387 e. The largest absolute Gasteiger partial charge is 0.387 e. The zero-order chi connectivity index (χ0) is 11.4. The highest BCUT2D eigenvalue weighted by molar-refractivity contribution is 7.99. The number of fused-ring (bicyclic) bond motifs is 1. The van der Waals surface area contributed by atoms with E-state index in [4.69, 9.17) is 5.11 Å². The molecule has 1 aromatic rings. The van der Waals surface area contributed by atoms with Crippen molar-refractivity contribution < 1.29 is 9.90 Å². The van der Waals surface area contributed by atoms with Crippen LogP contribution in [0.4, 0.5) is 0 Å². The standard InChI is InChI=1S/C12H15NO2S/c14-8-12(15)13-7-9-3-4-11-10(6-9)2-1-5-16-11/h3-4,6,14H,1-2,5,7-8H2,(H,13,15). The molecular weight excluding hydrogens is 222 g/mol. The van der Waals surface area contributed by atoms with Gasteiger partial charge in [-0.1, -0.05) is 12.1 Å². The lowest BCUT2D eigenvalue weighted by Crippen LogP contribution is -2.25. The summed E-state index contributed by atoms with van der Waals surface area (Å²) in [6.45, 7) is 0.0537. The first-order valence-corrected chi connectivity index (χ1v) is 6.40. The van der Waals surface area contributed by atoms with Crippen LogP contribution < -0.4 is 5.32 Å². The first-order valence-electron chi connectivity index (χ1n) is 5.42. The number of nitrogens with one attached hydrogen (secondary N) is 1. The molecule has 0 spiro atoms. The number of hydrogen-bond donors (Lipinski definition) is 2. The molecule has 86 valence electrons. The van der Waals surface area contributed by atoms with E-state index >= 15 is 0 Å². The third kappa shape index (κ3) is 2.77. The fourth-order valence-electron chi connectivity index (χ4n) is 1.78. The summed E-state index contributed by atoms with van der Waals surface area (Å²) in [5.41, 5.74) is 2.48. The lowest BCUT2D eigenvalue weighted by Gasteiger charge is -2.16. The monoisotopic (exact) mass is 237 g/mol. The number of aryl methyl sites for hydroxylation is 1. The highest BCUT2D eigenvalue weighted by Gasteiger charge is 2.10. The van der Waals surface area contributed by atoms with Gasteiger partial charge in [-0.15, -0.1) is 11.8 Å². The summed E-state index contributed by atoms with van der Waals surface area (Å²) < 4.78 is 0. The van der Waals surface area contributed by atoms with Crippen molar-refractivity contribution in [2.24, 2.45) is 0 Å². The number of rotatable bonds is 3. The van der Waals surface area contributed by atoms with E-state index in [2.05, 4.69) is 17.4 Å². The van der Waals surface area contributed by atoms with Gasteiger partial charge in [-0.2, -0.15) is 0 Å². The topological polar surface area (TPSA) is 49.3 Å². The fourth-order valence-corrected chi connectivity index (χ4v) is 2.80. The molecule has 0 bridgehead atoms. The number of aliphatic hydroxyl groups is 1. The number of thioether (sulfide) groups is 1. The van der Waals surface area contributed by atoms with Crippen molar-refractivity contribution >= 4 is 17.7 Å². The van der Waals surface area contributed by atoms with E-state index in [0.29, 0.717) is 6.54 Å². The Morgan fingerprint density at radius 3 is 3.19 bits per heavy atom. The third-order valence-electron chi connectivity index (χ3n) is 2.61. The van der Waals surface area contributed by atoms with E-state index < -0.39 is 6.61 Å². The molecule has 0 fully saturated rings. The molecule has 0 unspecified atom stereocenters. The van der Waals surface area contributed by atoms with Crippen LogP contribution in [0.15, 0.2) is 23.1 Å². The molecule has 0 aromatic heterocycles. The SMILES string of the molecule is O=C(CO)NCc1ccc2c(c1)CCCS2. The molecule has 0 saturated carbocycles. The molecule has 2 rings (SSSR count). The molecule has 0 aliphatic carbocycles. The summed E-state index contributed by atoms with van der Waals surface area (Å²) in [7, 11) is 0. The molecule has 1 aliphatic rings. The Labute approximate surface area is 99.2 Å². The smallest absolute Gasteiger partial charge is 0.245 e. The molecular formula is C12H15NO2S. The quantitative estimate of drug-likeness (QED) is 0.834. The van der Waals surface area contributed by atoms with E-state index in [-0.39, 0.29) is 5.91 Å². The van der Waals surface area contributed by atoms with Gasteiger partial charge in [-0.25, -0.2) is 0 Å². The molecule has 0 atom stereocenters. The minimum absolute atomic E-state index is 0.327. The van der Waals surface area contributed by atoms with Crippen LogP contribution >= 0.6 is 11.8 Å². The number of carbonyl (C=O) groups excluding carboxylic acids is 1. The zero-order valence-corrected chi connectivity index (χ0v) is 9.85. The first kappa shape index (κ1) is 11.5. The van der Waals surface area contributed by atoms with E-state index in [9.17, 15) is 4.79 Å². The van der Waals surface area contributed by atoms with Crippen LogP contribution in [0.3, 0.4) is 0 Å². The Kier molecular flexibility index (Phi) is 3.85. The van der Waals surface area contributed by atoms with Gasteiger partial charge in [0, 0.05) is 11.4 Å². The maximum absolute atomic E-state index is 10.9. The molecule has 16 heavy (non-hydrogen) atoms. The predicted molar refractivity (Wildman–Crippen MR) is 64.4 cm³/mol. The first-order chi connectivity index (χ1) is 7.79. The number of carbonyl (C=O) groups is 1. The van der Waals surface area contributed by atoms with Gasteiger partial charge in [0.2, 0.25) is 5.91 Å². The normalized spacial score (nSPS) is 14.3. The summed E-state index contributed by atoms with van der Waals surface area (Å²) >= 11 is 1.90. The second-order valence-corrected chi connectivity index (χ2v) is 4.97. The van der Waals surface area contributed by atoms with E-state index in [0.717, 1.165) is 12.0 Å². The Balaban J connectivity index is 2.03. The van der Waals surface area contributed by atoms with Crippen LogP contribution in [0, 0.1) is 0 Å². The van der Waals surface area contributed by atoms with Crippen LogP contribution in [0.5, 0.6) is 0 Å². The molecule has 4 heteroatoms. The highest BCUT2D eigenvalue weighted by atomic mass is 32.2. The van der Waals surface area contributed by atoms with Crippen molar-refractivity contribution in [2.75, 3.05) is 12.4 Å². The van der Waals surface area contributed by atoms with Gasteiger partial charge in [0.05, 0.1) is 0 Å². The van der Waals surface area contributed by atoms with Crippen molar-refractivity contribution in [1.29, 1.82) is 0 Å². The summed E-state index contributed by atoms with van der Waals surface area (Å²) in [6, 6.07) is 6.31. The maximum Gasteiger partial charge on any atom is 0.245 e. The molecule has 0 saturated heterocycles. The van der Waals surface area contributed by atoms with Crippen molar-refractivity contribution in [3.05, 3.63) is 29.3 Å². The second-order valence-electron chi connectivity index (χ2n) is 3.83. The lowest BCUT2D eigenvalue weighted by atomic mass is 10.1. The molecule has 1 heterocycles. The lowest BCUT2D eigenvalue weighted by molar-refractivity contribution is -0.123. The van der Waals surface area contributed by atoms with Crippen LogP contribution in [0.2, 0.25) is 0 Å². The van der Waals surface area contributed by atoms with Gasteiger partial charge in [0.15, 0.2) is 0 Å². The van der Waals surface area contributed by atoms with Gasteiger partial charge >= 0.3 is 0 Å². The molecule has 1 aliphatic heterocycles. The third-order valence-corrected chi connectivity index (χ3v) is 3.81. The molecule has 0 radical (unpaired) electrons. The average molecular weight is 237 g/mol. The van der Waals surface area contributed by atoms with E-state index in [1.165, 1.54) is 22.6 Å². The predicted octanol–water partition coefficient (Wildman–Crippen LogP) is 1.33. The Morgan fingerprint density at radius 1 is 1.50 bits per heavy atom. The van der Waals surface area contributed by atoms with Crippen LogP contribution in [-0.4, -0.2) is 23.4 Å². The van der Waals surface area contributed by atoms with Gasteiger partial charge in [0.1, 0.15) is 6.61 Å². The molecule has 2 N–H and O–H groups in total. The highest BCUT2D eigenvalue weighted by Crippen LogP contribution is 2.30.